The van der Waals surface area contributed by atoms with E-state index in [9.17, 15) is 15.3 Å². The number of nitrogens with zero attached hydrogens (tertiary/aromatic N) is 3. The van der Waals surface area contributed by atoms with Crippen molar-refractivity contribution in [3.8, 4) is 84.0 Å². The van der Waals surface area contributed by atoms with Crippen LogP contribution in [-0.2, 0) is 0 Å². The number of rotatable bonds is 15. The van der Waals surface area contributed by atoms with E-state index in [0.717, 1.165) is 118 Å². The molecule has 0 bridgehead atoms. The summed E-state index contributed by atoms with van der Waals surface area (Å²) < 4.78 is 0. The Bertz CT molecular complexity index is 3710. The zero-order valence-electron chi connectivity index (χ0n) is 48.6. The highest BCUT2D eigenvalue weighted by molar-refractivity contribution is 5.91. The van der Waals surface area contributed by atoms with Gasteiger partial charge in [0.2, 0.25) is 0 Å². The van der Waals surface area contributed by atoms with E-state index in [4.69, 9.17) is 0 Å². The Labute approximate surface area is 509 Å². The van der Waals surface area contributed by atoms with Gasteiger partial charge in [-0.1, -0.05) is 199 Å². The van der Waals surface area contributed by atoms with Gasteiger partial charge in [0.05, 0.1) is 17.1 Å². The normalized spacial score (nSPS) is 11.1. The van der Waals surface area contributed by atoms with Crippen molar-refractivity contribution in [3.05, 3.63) is 326 Å². The molecule has 0 aromatic heterocycles. The number of aromatic hydroxyl groups is 3. The summed E-state index contributed by atoms with van der Waals surface area (Å²) in [4.78, 5) is 7.02. The predicted octanol–water partition coefficient (Wildman–Crippen LogP) is 22.1. The second-order valence-corrected chi connectivity index (χ2v) is 22.2. The maximum absolute atomic E-state index is 10.2. The van der Waals surface area contributed by atoms with Crippen molar-refractivity contribution in [2.45, 2.75) is 20.8 Å². The molecule has 13 aromatic carbocycles. The van der Waals surface area contributed by atoms with Crippen molar-refractivity contribution in [2.75, 3.05) is 14.7 Å². The van der Waals surface area contributed by atoms with Gasteiger partial charge in [-0.15, -0.1) is 0 Å². The quantitative estimate of drug-likeness (QED) is 0.0950. The Balaban J connectivity index is 1.05. The molecule has 0 amide bonds. The monoisotopic (exact) mass is 1130 g/mol. The number of phenolic OH excluding ortho intramolecular Hbond substituents is 3. The SMILES string of the molecule is Cc1ccc(-c2ccc(N(c3ccc(-c4ccc(O)cc4)cc3)c3cc(N(c4ccc(-c5ccc(C)cc5)cc4)c4ccc(-c5ccc(O)cc5)cc4)cc(N(c4ccc(-c5ccc(C)cc5)cc4)c4ccc(-c5ccc(O)cc5)cc4)c3)cc2)cc1. The van der Waals surface area contributed by atoms with Gasteiger partial charge in [0, 0.05) is 34.1 Å². The zero-order chi connectivity index (χ0) is 59.4. The van der Waals surface area contributed by atoms with Crippen LogP contribution in [0.1, 0.15) is 16.7 Å². The van der Waals surface area contributed by atoms with E-state index in [0.29, 0.717) is 0 Å². The minimum Gasteiger partial charge on any atom is -0.508 e. The van der Waals surface area contributed by atoms with Gasteiger partial charge in [-0.3, -0.25) is 0 Å². The first-order chi connectivity index (χ1) is 42.5. The molecule has 6 nitrogen and oxygen atoms in total. The molecule has 0 spiro atoms. The number of hydrogen-bond donors (Lipinski definition) is 3. The molecule has 0 saturated carbocycles. The molecule has 0 saturated heterocycles. The summed E-state index contributed by atoms with van der Waals surface area (Å²) in [6, 6.07) is 107. The number of anilines is 9. The highest BCUT2D eigenvalue weighted by Crippen LogP contribution is 2.48. The average molecular weight is 1130 g/mol. The van der Waals surface area contributed by atoms with Crippen molar-refractivity contribution < 1.29 is 15.3 Å². The second-order valence-electron chi connectivity index (χ2n) is 22.2. The van der Waals surface area contributed by atoms with Crippen molar-refractivity contribution in [1.82, 2.24) is 0 Å². The van der Waals surface area contributed by atoms with E-state index in [1.54, 1.807) is 36.4 Å². The van der Waals surface area contributed by atoms with Crippen LogP contribution < -0.4 is 14.7 Å². The minimum absolute atomic E-state index is 0.223. The highest BCUT2D eigenvalue weighted by atomic mass is 16.3. The summed E-state index contributed by atoms with van der Waals surface area (Å²) in [5, 5.41) is 30.7. The molecule has 0 aliphatic heterocycles. The third-order valence-corrected chi connectivity index (χ3v) is 16.2. The minimum atomic E-state index is 0.223. The third kappa shape index (κ3) is 12.1. The molecule has 420 valence electrons. The van der Waals surface area contributed by atoms with Crippen LogP contribution in [0, 0.1) is 20.8 Å². The smallest absolute Gasteiger partial charge is 0.115 e. The number of hydrogen-bond acceptors (Lipinski definition) is 6. The van der Waals surface area contributed by atoms with E-state index < -0.39 is 0 Å². The van der Waals surface area contributed by atoms with Gasteiger partial charge in [-0.05, 0) is 215 Å². The zero-order valence-corrected chi connectivity index (χ0v) is 48.6. The first-order valence-corrected chi connectivity index (χ1v) is 29.3. The van der Waals surface area contributed by atoms with Crippen molar-refractivity contribution in [3.63, 3.8) is 0 Å². The molecule has 0 atom stereocenters. The van der Waals surface area contributed by atoms with Gasteiger partial charge >= 0.3 is 0 Å². The van der Waals surface area contributed by atoms with Crippen LogP contribution in [0.4, 0.5) is 51.2 Å². The van der Waals surface area contributed by atoms with Crippen LogP contribution in [0.2, 0.25) is 0 Å². The molecule has 0 fully saturated rings. The Morgan fingerprint density at radius 1 is 0.161 bits per heavy atom. The van der Waals surface area contributed by atoms with E-state index in [1.807, 2.05) is 36.4 Å². The molecule has 87 heavy (non-hydrogen) atoms. The fourth-order valence-corrected chi connectivity index (χ4v) is 11.3. The van der Waals surface area contributed by atoms with E-state index in [2.05, 4.69) is 272 Å². The molecule has 3 N–H and O–H groups in total. The summed E-state index contributed by atoms with van der Waals surface area (Å²) in [6.07, 6.45) is 0. The third-order valence-electron chi connectivity index (χ3n) is 16.2. The summed E-state index contributed by atoms with van der Waals surface area (Å²) in [5.41, 5.74) is 24.9. The first-order valence-electron chi connectivity index (χ1n) is 29.3. The average Bonchev–Trinajstić information content (AvgIpc) is 2.09. The lowest BCUT2D eigenvalue weighted by Gasteiger charge is -2.33. The first kappa shape index (κ1) is 54.9. The van der Waals surface area contributed by atoms with Crippen molar-refractivity contribution in [1.29, 1.82) is 0 Å². The molecule has 13 rings (SSSR count). The Morgan fingerprint density at radius 2 is 0.287 bits per heavy atom. The summed E-state index contributed by atoms with van der Waals surface area (Å²) in [7, 11) is 0. The standard InChI is InChI=1S/C81H63N3O3/c1-55-4-10-58(11-5-55)61-16-34-70(35-17-61)82(73-40-22-64(23-41-73)67-28-46-79(85)47-29-67)76-52-77(83(71-36-18-62(19-37-71)59-12-6-56(2)7-13-59)74-42-24-65(25-43-74)68-30-48-80(86)49-31-68)54-78(53-76)84(72-38-20-63(21-39-72)60-14-8-57(3)9-15-60)75-44-26-66(27-45-75)69-32-50-81(87)51-33-69/h4-54,85-87H,1-3H3. The van der Waals surface area contributed by atoms with Crippen molar-refractivity contribution in [2.24, 2.45) is 0 Å². The van der Waals surface area contributed by atoms with Crippen LogP contribution in [0.3, 0.4) is 0 Å². The lowest BCUT2D eigenvalue weighted by Crippen LogP contribution is -2.16. The van der Waals surface area contributed by atoms with Gasteiger partial charge in [-0.2, -0.15) is 0 Å². The van der Waals surface area contributed by atoms with Crippen LogP contribution in [0.15, 0.2) is 309 Å². The lowest BCUT2D eigenvalue weighted by molar-refractivity contribution is 0.475. The van der Waals surface area contributed by atoms with Gasteiger partial charge < -0.3 is 30.0 Å². The topological polar surface area (TPSA) is 70.4 Å². The molecular formula is C81H63N3O3. The molecule has 0 radical (unpaired) electrons. The number of aryl methyl sites for hydroxylation is 3. The highest BCUT2D eigenvalue weighted by Gasteiger charge is 2.24. The maximum atomic E-state index is 10.2. The van der Waals surface area contributed by atoms with Gasteiger partial charge in [0.25, 0.3) is 0 Å². The molecule has 13 aromatic rings. The van der Waals surface area contributed by atoms with Crippen LogP contribution in [0.5, 0.6) is 17.2 Å². The van der Waals surface area contributed by atoms with Gasteiger partial charge in [0.1, 0.15) is 17.2 Å². The lowest BCUT2D eigenvalue weighted by atomic mass is 10.0. The molecule has 0 unspecified atom stereocenters. The van der Waals surface area contributed by atoms with E-state index in [1.165, 1.54) is 16.7 Å². The summed E-state index contributed by atoms with van der Waals surface area (Å²) in [6.45, 7) is 6.34. The van der Waals surface area contributed by atoms with Crippen LogP contribution in [0.25, 0.3) is 66.8 Å². The Kier molecular flexibility index (Phi) is 15.2. The number of benzene rings is 13. The van der Waals surface area contributed by atoms with Crippen molar-refractivity contribution >= 4 is 51.2 Å². The van der Waals surface area contributed by atoms with Gasteiger partial charge in [0.15, 0.2) is 0 Å². The fraction of sp³-hybridized carbons (Fsp3) is 0.0370. The fourth-order valence-electron chi connectivity index (χ4n) is 11.3. The molecule has 6 heteroatoms. The maximum Gasteiger partial charge on any atom is 0.115 e. The van der Waals surface area contributed by atoms with Gasteiger partial charge in [-0.25, -0.2) is 0 Å². The largest absolute Gasteiger partial charge is 0.508 e. The Morgan fingerprint density at radius 3 is 0.437 bits per heavy atom. The summed E-state index contributed by atoms with van der Waals surface area (Å²) >= 11 is 0. The van der Waals surface area contributed by atoms with Crippen LogP contribution >= 0.6 is 0 Å². The predicted molar refractivity (Wildman–Crippen MR) is 362 cm³/mol. The molecule has 0 aliphatic carbocycles. The van der Waals surface area contributed by atoms with E-state index in [-0.39, 0.29) is 17.2 Å². The molecule has 0 aliphatic rings. The summed E-state index contributed by atoms with van der Waals surface area (Å²) in [5.74, 6) is 0.668. The second kappa shape index (κ2) is 24.1. The molecular weight excluding hydrogens is 1060 g/mol. The van der Waals surface area contributed by atoms with E-state index >= 15 is 0 Å². The molecule has 0 heterocycles. The Hall–Kier alpha value is -11.3. The van der Waals surface area contributed by atoms with Crippen LogP contribution in [-0.4, -0.2) is 15.3 Å². The number of phenols is 3.